The van der Waals surface area contributed by atoms with Gasteiger partial charge in [-0.05, 0) is 36.6 Å². The average Bonchev–Trinajstić information content (AvgIpc) is 2.39. The first-order valence-corrected chi connectivity index (χ1v) is 7.49. The molecular weight excluding hydrogens is 253 g/mol. The van der Waals surface area contributed by atoms with Crippen LogP contribution in [0.1, 0.15) is 32.4 Å². The van der Waals surface area contributed by atoms with Crippen molar-refractivity contribution < 1.29 is 4.39 Å². The molecule has 1 atom stereocenters. The van der Waals surface area contributed by atoms with Crippen molar-refractivity contribution in [3.63, 3.8) is 0 Å². The summed E-state index contributed by atoms with van der Waals surface area (Å²) in [5.41, 5.74) is 7.97. The summed E-state index contributed by atoms with van der Waals surface area (Å²) in [6.07, 6.45) is 0. The van der Waals surface area contributed by atoms with E-state index in [9.17, 15) is 4.39 Å². The van der Waals surface area contributed by atoms with Crippen molar-refractivity contribution in [1.29, 1.82) is 0 Å². The summed E-state index contributed by atoms with van der Waals surface area (Å²) in [6.45, 7) is 11.7. The van der Waals surface area contributed by atoms with Crippen LogP contribution in [-0.2, 0) is 0 Å². The largest absolute Gasteiger partial charge is 0.369 e. The van der Waals surface area contributed by atoms with Gasteiger partial charge < -0.3 is 10.6 Å². The molecule has 2 rings (SSSR count). The van der Waals surface area contributed by atoms with Gasteiger partial charge in [-0.1, -0.05) is 13.8 Å². The molecule has 1 aromatic rings. The van der Waals surface area contributed by atoms with Gasteiger partial charge in [-0.3, -0.25) is 4.90 Å². The quantitative estimate of drug-likeness (QED) is 0.919. The van der Waals surface area contributed by atoms with Gasteiger partial charge in [0.1, 0.15) is 5.82 Å². The molecule has 0 aliphatic carbocycles. The summed E-state index contributed by atoms with van der Waals surface area (Å²) in [5.74, 6) is 0.492. The summed E-state index contributed by atoms with van der Waals surface area (Å²) >= 11 is 0. The smallest absolute Gasteiger partial charge is 0.123 e. The molecule has 1 aliphatic heterocycles. The molecule has 1 fully saturated rings. The summed E-state index contributed by atoms with van der Waals surface area (Å²) in [6, 6.07) is 4.82. The molecule has 112 valence electrons. The van der Waals surface area contributed by atoms with E-state index in [1.807, 2.05) is 13.0 Å². The molecule has 2 N–H and O–H groups in total. The Hall–Kier alpha value is -1.13. The normalized spacial score (nSPS) is 18.6. The molecule has 20 heavy (non-hydrogen) atoms. The molecule has 0 unspecified atom stereocenters. The first-order valence-electron chi connectivity index (χ1n) is 7.49. The first kappa shape index (κ1) is 15.3. The van der Waals surface area contributed by atoms with Crippen LogP contribution in [0.5, 0.6) is 0 Å². The number of nitrogens with zero attached hydrogens (tertiary/aromatic N) is 2. The van der Waals surface area contributed by atoms with Crippen molar-refractivity contribution in [1.82, 2.24) is 4.90 Å². The molecule has 1 aromatic carbocycles. The first-order chi connectivity index (χ1) is 9.47. The highest BCUT2D eigenvalue weighted by atomic mass is 19.1. The van der Waals surface area contributed by atoms with Gasteiger partial charge in [0.2, 0.25) is 0 Å². The van der Waals surface area contributed by atoms with Crippen LogP contribution in [-0.4, -0.2) is 37.6 Å². The number of benzene rings is 1. The highest BCUT2D eigenvalue weighted by Crippen LogP contribution is 2.27. The van der Waals surface area contributed by atoms with Crippen LogP contribution in [0.2, 0.25) is 0 Å². The molecule has 1 saturated heterocycles. The van der Waals surface area contributed by atoms with Crippen LogP contribution >= 0.6 is 0 Å². The van der Waals surface area contributed by atoms with Crippen molar-refractivity contribution in [3.05, 3.63) is 29.6 Å². The van der Waals surface area contributed by atoms with Crippen molar-refractivity contribution in [2.45, 2.75) is 26.8 Å². The Bertz CT molecular complexity index is 437. The van der Waals surface area contributed by atoms with E-state index in [1.165, 1.54) is 6.07 Å². The minimum Gasteiger partial charge on any atom is -0.369 e. The fourth-order valence-corrected chi connectivity index (χ4v) is 2.87. The van der Waals surface area contributed by atoms with E-state index in [-0.39, 0.29) is 11.9 Å². The van der Waals surface area contributed by atoms with Gasteiger partial charge >= 0.3 is 0 Å². The van der Waals surface area contributed by atoms with Crippen LogP contribution < -0.4 is 10.6 Å². The maximum atomic E-state index is 13.4. The standard InChI is InChI=1S/C16H26FN3/c1-12(2)11-19-6-8-20(9-7-19)16-5-4-14(17)10-15(16)13(3)18/h4-5,10,12-13H,6-9,11,18H2,1-3H3/t13-/m1/s1. The van der Waals surface area contributed by atoms with Gasteiger partial charge in [0.25, 0.3) is 0 Å². The van der Waals surface area contributed by atoms with Crippen LogP contribution in [0, 0.1) is 11.7 Å². The fourth-order valence-electron chi connectivity index (χ4n) is 2.87. The monoisotopic (exact) mass is 279 g/mol. The lowest BCUT2D eigenvalue weighted by molar-refractivity contribution is 0.231. The second-order valence-corrected chi connectivity index (χ2v) is 6.17. The number of hydrogen-bond acceptors (Lipinski definition) is 3. The van der Waals surface area contributed by atoms with Gasteiger partial charge in [-0.15, -0.1) is 0 Å². The van der Waals surface area contributed by atoms with Crippen molar-refractivity contribution in [3.8, 4) is 0 Å². The van der Waals surface area contributed by atoms with E-state index < -0.39 is 0 Å². The second kappa shape index (κ2) is 6.55. The molecule has 1 aliphatic rings. The van der Waals surface area contributed by atoms with Crippen LogP contribution in [0.4, 0.5) is 10.1 Å². The number of anilines is 1. The molecule has 1 heterocycles. The predicted molar refractivity (Wildman–Crippen MR) is 82.5 cm³/mol. The molecule has 0 spiro atoms. The molecule has 0 bridgehead atoms. The summed E-state index contributed by atoms with van der Waals surface area (Å²) in [4.78, 5) is 4.82. The molecule has 0 saturated carbocycles. The number of halogens is 1. The second-order valence-electron chi connectivity index (χ2n) is 6.17. The lowest BCUT2D eigenvalue weighted by atomic mass is 10.0. The summed E-state index contributed by atoms with van der Waals surface area (Å²) in [7, 11) is 0. The Balaban J connectivity index is 2.07. The average molecular weight is 279 g/mol. The maximum Gasteiger partial charge on any atom is 0.123 e. The van der Waals surface area contributed by atoms with E-state index in [4.69, 9.17) is 5.73 Å². The highest BCUT2D eigenvalue weighted by molar-refractivity contribution is 5.55. The molecule has 0 radical (unpaired) electrons. The van der Waals surface area contributed by atoms with E-state index >= 15 is 0 Å². The number of rotatable bonds is 4. The zero-order valence-corrected chi connectivity index (χ0v) is 12.8. The van der Waals surface area contributed by atoms with Crippen LogP contribution in [0.15, 0.2) is 18.2 Å². The Morgan fingerprint density at radius 1 is 1.15 bits per heavy atom. The Morgan fingerprint density at radius 3 is 2.35 bits per heavy atom. The molecule has 3 nitrogen and oxygen atoms in total. The topological polar surface area (TPSA) is 32.5 Å². The Morgan fingerprint density at radius 2 is 1.80 bits per heavy atom. The van der Waals surface area contributed by atoms with Crippen molar-refractivity contribution in [2.75, 3.05) is 37.6 Å². The molecule has 0 aromatic heterocycles. The lowest BCUT2D eigenvalue weighted by Crippen LogP contribution is -2.47. The van der Waals surface area contributed by atoms with Crippen LogP contribution in [0.3, 0.4) is 0 Å². The van der Waals surface area contributed by atoms with E-state index in [0.29, 0.717) is 5.92 Å². The zero-order chi connectivity index (χ0) is 14.7. The van der Waals surface area contributed by atoms with Crippen molar-refractivity contribution >= 4 is 5.69 Å². The van der Waals surface area contributed by atoms with Gasteiger partial charge in [0, 0.05) is 44.5 Å². The van der Waals surface area contributed by atoms with Gasteiger partial charge in [0.15, 0.2) is 0 Å². The van der Waals surface area contributed by atoms with Crippen molar-refractivity contribution in [2.24, 2.45) is 11.7 Å². The number of hydrogen-bond donors (Lipinski definition) is 1. The fraction of sp³-hybridized carbons (Fsp3) is 0.625. The van der Waals surface area contributed by atoms with E-state index in [2.05, 4.69) is 23.6 Å². The van der Waals surface area contributed by atoms with Crippen LogP contribution in [0.25, 0.3) is 0 Å². The maximum absolute atomic E-state index is 13.4. The third-order valence-corrected chi connectivity index (χ3v) is 3.82. The lowest BCUT2D eigenvalue weighted by Gasteiger charge is -2.38. The molecular formula is C16H26FN3. The Kier molecular flexibility index (Phi) is 5.00. The van der Waals surface area contributed by atoms with E-state index in [0.717, 1.165) is 44.0 Å². The number of piperazine rings is 1. The highest BCUT2D eigenvalue weighted by Gasteiger charge is 2.20. The predicted octanol–water partition coefficient (Wildman–Crippen LogP) is 2.62. The zero-order valence-electron chi connectivity index (χ0n) is 12.8. The summed E-state index contributed by atoms with van der Waals surface area (Å²) in [5, 5.41) is 0. The SMILES string of the molecule is CC(C)CN1CCN(c2ccc(F)cc2[C@@H](C)N)CC1. The van der Waals surface area contributed by atoms with Gasteiger partial charge in [-0.25, -0.2) is 4.39 Å². The molecule has 4 heteroatoms. The Labute approximate surface area is 121 Å². The third kappa shape index (κ3) is 3.70. The van der Waals surface area contributed by atoms with E-state index in [1.54, 1.807) is 6.07 Å². The summed E-state index contributed by atoms with van der Waals surface area (Å²) < 4.78 is 13.4. The minimum absolute atomic E-state index is 0.144. The number of nitrogens with two attached hydrogens (primary N) is 1. The third-order valence-electron chi connectivity index (χ3n) is 3.82. The minimum atomic E-state index is -0.209. The van der Waals surface area contributed by atoms with Gasteiger partial charge in [-0.2, -0.15) is 0 Å². The molecule has 0 amide bonds. The van der Waals surface area contributed by atoms with Gasteiger partial charge in [0.05, 0.1) is 0 Å².